The van der Waals surface area contributed by atoms with Gasteiger partial charge in [-0.1, -0.05) is 24.3 Å². The molecule has 1 aromatic heterocycles. The maximum absolute atomic E-state index is 4.47. The Bertz CT molecular complexity index is 807. The zero-order valence-electron chi connectivity index (χ0n) is 16.7. The minimum atomic E-state index is 0. The highest BCUT2D eigenvalue weighted by Crippen LogP contribution is 2.17. The van der Waals surface area contributed by atoms with Crippen molar-refractivity contribution < 1.29 is 0 Å². The van der Waals surface area contributed by atoms with Crippen molar-refractivity contribution in [2.24, 2.45) is 4.99 Å². The molecule has 0 radical (unpaired) electrons. The number of nitrogens with zero attached hydrogens (tertiary/aromatic N) is 6. The number of rotatable bonds is 4. The Morgan fingerprint density at radius 3 is 2.24 bits per heavy atom. The van der Waals surface area contributed by atoms with Crippen molar-refractivity contribution >= 4 is 41.6 Å². The molecule has 2 aromatic rings. The summed E-state index contributed by atoms with van der Waals surface area (Å²) in [6, 6.07) is 10.6. The van der Waals surface area contributed by atoms with Crippen molar-refractivity contribution in [2.75, 3.05) is 56.1 Å². The summed E-state index contributed by atoms with van der Waals surface area (Å²) < 4.78 is 0. The number of benzene rings is 1. The minimum Gasteiger partial charge on any atom is -0.364 e. The van der Waals surface area contributed by atoms with E-state index >= 15 is 0 Å². The Balaban J connectivity index is 0.00000240. The van der Waals surface area contributed by atoms with Gasteiger partial charge in [0, 0.05) is 70.9 Å². The van der Waals surface area contributed by atoms with Crippen molar-refractivity contribution in [1.29, 1.82) is 0 Å². The summed E-state index contributed by atoms with van der Waals surface area (Å²) in [6.45, 7) is 6.37. The van der Waals surface area contributed by atoms with E-state index in [0.717, 1.165) is 57.7 Å². The van der Waals surface area contributed by atoms with E-state index in [2.05, 4.69) is 71.4 Å². The fraction of sp³-hybridized carbons (Fsp3) is 0.381. The highest BCUT2D eigenvalue weighted by molar-refractivity contribution is 14.0. The first-order valence-corrected chi connectivity index (χ1v) is 9.80. The molecule has 3 heterocycles. The van der Waals surface area contributed by atoms with Gasteiger partial charge < -0.3 is 20.0 Å². The topological polar surface area (TPSA) is 59.9 Å². The molecule has 7 nitrogen and oxygen atoms in total. The van der Waals surface area contributed by atoms with E-state index in [1.165, 1.54) is 11.3 Å². The third-order valence-electron chi connectivity index (χ3n) is 5.20. The summed E-state index contributed by atoms with van der Waals surface area (Å²) in [5, 5.41) is 3.50. The molecule has 0 atom stereocenters. The highest BCUT2D eigenvalue weighted by Gasteiger charge is 2.21. The first-order chi connectivity index (χ1) is 13.8. The average molecular weight is 505 g/mol. The monoisotopic (exact) mass is 505 g/mol. The third-order valence-corrected chi connectivity index (χ3v) is 5.20. The standard InChI is InChI=1S/C21H27N7.HI/c1-22-20(27-13-15-28(16-14-27)21-23-9-4-10-24-21)25-17-18-5-7-19(8-6-18)26-11-2-3-12-26;/h2-10H,11-17H2,1H3,(H,22,25);1H. The summed E-state index contributed by atoms with van der Waals surface area (Å²) in [4.78, 5) is 20.0. The average Bonchev–Trinajstić information content (AvgIpc) is 3.31. The number of anilines is 2. The van der Waals surface area contributed by atoms with E-state index in [1.807, 2.05) is 13.1 Å². The van der Waals surface area contributed by atoms with Crippen LogP contribution in [0.25, 0.3) is 0 Å². The molecule has 1 fully saturated rings. The Hall–Kier alpha value is -2.36. The van der Waals surface area contributed by atoms with Crippen molar-refractivity contribution in [2.45, 2.75) is 6.54 Å². The van der Waals surface area contributed by atoms with Gasteiger partial charge in [-0.15, -0.1) is 24.0 Å². The zero-order chi connectivity index (χ0) is 19.2. The normalized spacial score (nSPS) is 16.7. The predicted molar refractivity (Wildman–Crippen MR) is 129 cm³/mol. The van der Waals surface area contributed by atoms with Gasteiger partial charge in [0.05, 0.1) is 0 Å². The van der Waals surface area contributed by atoms with Crippen LogP contribution in [0.5, 0.6) is 0 Å². The summed E-state index contributed by atoms with van der Waals surface area (Å²) in [6.07, 6.45) is 8.01. The zero-order valence-corrected chi connectivity index (χ0v) is 19.1. The van der Waals surface area contributed by atoms with Gasteiger partial charge in [-0.05, 0) is 23.8 Å². The van der Waals surface area contributed by atoms with Crippen LogP contribution in [0.3, 0.4) is 0 Å². The van der Waals surface area contributed by atoms with Gasteiger partial charge in [0.1, 0.15) is 0 Å². The van der Waals surface area contributed by atoms with Gasteiger partial charge in [-0.2, -0.15) is 0 Å². The lowest BCUT2D eigenvalue weighted by Gasteiger charge is -2.36. The molecule has 4 rings (SSSR count). The van der Waals surface area contributed by atoms with E-state index in [1.54, 1.807) is 12.4 Å². The molecule has 0 bridgehead atoms. The maximum Gasteiger partial charge on any atom is 0.225 e. The summed E-state index contributed by atoms with van der Waals surface area (Å²) in [7, 11) is 1.85. The van der Waals surface area contributed by atoms with Crippen molar-refractivity contribution in [1.82, 2.24) is 20.2 Å². The first-order valence-electron chi connectivity index (χ1n) is 9.80. The van der Waals surface area contributed by atoms with Gasteiger partial charge in [0.2, 0.25) is 5.95 Å². The first kappa shape index (κ1) is 21.4. The second-order valence-corrected chi connectivity index (χ2v) is 6.97. The van der Waals surface area contributed by atoms with Gasteiger partial charge in [-0.25, -0.2) is 9.97 Å². The van der Waals surface area contributed by atoms with Crippen LogP contribution >= 0.6 is 24.0 Å². The van der Waals surface area contributed by atoms with E-state index in [-0.39, 0.29) is 24.0 Å². The number of guanidine groups is 1. The van der Waals surface area contributed by atoms with Crippen molar-refractivity contribution in [3.63, 3.8) is 0 Å². The van der Waals surface area contributed by atoms with Crippen LogP contribution in [0.15, 0.2) is 59.9 Å². The SMILES string of the molecule is CN=C(NCc1ccc(N2CC=CC2)cc1)N1CCN(c2ncccn2)CC1.I. The van der Waals surface area contributed by atoms with Gasteiger partial charge in [0.15, 0.2) is 5.96 Å². The minimum absolute atomic E-state index is 0. The van der Waals surface area contributed by atoms with E-state index < -0.39 is 0 Å². The number of aliphatic imine (C=N–C) groups is 1. The molecule has 0 spiro atoms. The van der Waals surface area contributed by atoms with Crippen LogP contribution in [-0.4, -0.2) is 67.1 Å². The Morgan fingerprint density at radius 1 is 0.966 bits per heavy atom. The van der Waals surface area contributed by atoms with Gasteiger partial charge in [0.25, 0.3) is 0 Å². The molecule has 0 unspecified atom stereocenters. The molecular formula is C21H28IN7. The number of hydrogen-bond donors (Lipinski definition) is 1. The highest BCUT2D eigenvalue weighted by atomic mass is 127. The lowest BCUT2D eigenvalue weighted by molar-refractivity contribution is 0.370. The lowest BCUT2D eigenvalue weighted by atomic mass is 10.2. The molecule has 8 heteroatoms. The van der Waals surface area contributed by atoms with Crippen LogP contribution in [-0.2, 0) is 6.54 Å². The second kappa shape index (κ2) is 10.4. The molecule has 29 heavy (non-hydrogen) atoms. The quantitative estimate of drug-likeness (QED) is 0.298. The lowest BCUT2D eigenvalue weighted by Crippen LogP contribution is -2.52. The molecule has 0 saturated carbocycles. The number of aromatic nitrogens is 2. The molecule has 154 valence electrons. The number of hydrogen-bond acceptors (Lipinski definition) is 5. The molecule has 2 aliphatic rings. The largest absolute Gasteiger partial charge is 0.364 e. The van der Waals surface area contributed by atoms with Crippen molar-refractivity contribution in [3.8, 4) is 0 Å². The summed E-state index contributed by atoms with van der Waals surface area (Å²) in [5.74, 6) is 1.75. The predicted octanol–water partition coefficient (Wildman–Crippen LogP) is 2.37. The molecule has 1 saturated heterocycles. The smallest absolute Gasteiger partial charge is 0.225 e. The fourth-order valence-electron chi connectivity index (χ4n) is 3.60. The molecule has 1 aromatic carbocycles. The Morgan fingerprint density at radius 2 is 1.62 bits per heavy atom. The fourth-order valence-corrected chi connectivity index (χ4v) is 3.60. The van der Waals surface area contributed by atoms with Crippen LogP contribution in [0.4, 0.5) is 11.6 Å². The van der Waals surface area contributed by atoms with Gasteiger partial charge in [-0.3, -0.25) is 4.99 Å². The van der Waals surface area contributed by atoms with Crippen LogP contribution in [0.1, 0.15) is 5.56 Å². The maximum atomic E-state index is 4.47. The molecule has 0 aliphatic carbocycles. The summed E-state index contributed by atoms with van der Waals surface area (Å²) >= 11 is 0. The Labute approximate surface area is 189 Å². The van der Waals surface area contributed by atoms with E-state index in [0.29, 0.717) is 0 Å². The van der Waals surface area contributed by atoms with Crippen molar-refractivity contribution in [3.05, 3.63) is 60.4 Å². The van der Waals surface area contributed by atoms with E-state index in [4.69, 9.17) is 0 Å². The second-order valence-electron chi connectivity index (χ2n) is 6.97. The number of piperazine rings is 1. The van der Waals surface area contributed by atoms with Crippen LogP contribution in [0, 0.1) is 0 Å². The summed E-state index contributed by atoms with van der Waals surface area (Å²) in [5.41, 5.74) is 2.53. The van der Waals surface area contributed by atoms with Crippen LogP contribution in [0.2, 0.25) is 0 Å². The van der Waals surface area contributed by atoms with Crippen LogP contribution < -0.4 is 15.1 Å². The molecule has 1 N–H and O–H groups in total. The number of halogens is 1. The molecule has 2 aliphatic heterocycles. The molecule has 0 amide bonds. The third kappa shape index (κ3) is 5.37. The van der Waals surface area contributed by atoms with Gasteiger partial charge >= 0.3 is 0 Å². The Kier molecular flexibility index (Phi) is 7.68. The number of nitrogens with one attached hydrogen (secondary N) is 1. The molecular weight excluding hydrogens is 477 g/mol. The van der Waals surface area contributed by atoms with E-state index in [9.17, 15) is 0 Å².